The Balaban J connectivity index is 1.45. The van der Waals surface area contributed by atoms with E-state index in [1.807, 2.05) is 36.4 Å². The molecule has 1 fully saturated rings. The molecule has 0 aromatic heterocycles. The maximum atomic E-state index is 12.5. The van der Waals surface area contributed by atoms with Gasteiger partial charge in [-0.05, 0) is 36.1 Å². The van der Waals surface area contributed by atoms with Crippen molar-refractivity contribution >= 4 is 21.7 Å². The number of hydrogen-bond donors (Lipinski definition) is 1. The minimum Gasteiger partial charge on any atom is -0.352 e. The smallest absolute Gasteiger partial charge is 0.237 e. The Morgan fingerprint density at radius 3 is 2.26 bits per heavy atom. The lowest BCUT2D eigenvalue weighted by atomic mass is 9.96. The van der Waals surface area contributed by atoms with Gasteiger partial charge in [0, 0.05) is 25.6 Å². The molecule has 0 atom stereocenters. The highest BCUT2D eigenvalue weighted by Gasteiger charge is 2.29. The average Bonchev–Trinajstić information content (AvgIpc) is 2.78. The van der Waals surface area contributed by atoms with E-state index in [4.69, 9.17) is 5.26 Å². The summed E-state index contributed by atoms with van der Waals surface area (Å²) < 4.78 is 24.8. The second-order valence-corrected chi connectivity index (χ2v) is 9.76. The van der Waals surface area contributed by atoms with Crippen LogP contribution in [0.25, 0.3) is 0 Å². The highest BCUT2D eigenvalue weighted by molar-refractivity contribution is 7.91. The number of benzene rings is 2. The number of carbonyl (C=O) groups is 2. The van der Waals surface area contributed by atoms with E-state index in [9.17, 15) is 18.0 Å². The van der Waals surface area contributed by atoms with Gasteiger partial charge in [0.25, 0.3) is 0 Å². The van der Waals surface area contributed by atoms with Crippen LogP contribution in [0.1, 0.15) is 29.5 Å². The number of carbonyl (C=O) groups excluding carboxylic acids is 2. The van der Waals surface area contributed by atoms with Crippen LogP contribution in [-0.2, 0) is 31.7 Å². The molecule has 0 bridgehead atoms. The summed E-state index contributed by atoms with van der Waals surface area (Å²) in [5, 5.41) is 11.7. The number of likely N-dealkylation sites (tertiary alicyclic amines) is 1. The molecule has 0 spiro atoms. The zero-order chi connectivity index (χ0) is 22.3. The molecule has 0 unspecified atom stereocenters. The SMILES string of the molecule is N#Cc1ccc(CS(=O)(=O)CC(=O)N2CCC(C(=O)NCc3ccccc3)CC2)cc1. The van der Waals surface area contributed by atoms with Crippen molar-refractivity contribution in [3.8, 4) is 6.07 Å². The summed E-state index contributed by atoms with van der Waals surface area (Å²) in [6.07, 6.45) is 1.03. The molecule has 162 valence electrons. The lowest BCUT2D eigenvalue weighted by molar-refractivity contribution is -0.133. The normalized spacial score (nSPS) is 14.6. The third kappa shape index (κ3) is 6.66. The first-order chi connectivity index (χ1) is 14.9. The standard InChI is InChI=1S/C23H25N3O4S/c24-14-18-6-8-20(9-7-18)16-31(29,30)17-22(27)26-12-10-21(11-13-26)23(28)25-15-19-4-2-1-3-5-19/h1-9,21H,10-13,15-17H2,(H,25,28). The fourth-order valence-corrected chi connectivity index (χ4v) is 4.94. The number of nitrogens with zero attached hydrogens (tertiary/aromatic N) is 2. The van der Waals surface area contributed by atoms with Gasteiger partial charge < -0.3 is 10.2 Å². The first-order valence-corrected chi connectivity index (χ1v) is 12.0. The van der Waals surface area contributed by atoms with Gasteiger partial charge in [0.05, 0.1) is 17.4 Å². The van der Waals surface area contributed by atoms with Crippen LogP contribution in [0.4, 0.5) is 0 Å². The Hall–Kier alpha value is -3.18. The van der Waals surface area contributed by atoms with Crippen LogP contribution in [0, 0.1) is 17.2 Å². The molecular formula is C23H25N3O4S. The molecule has 2 amide bonds. The number of hydrogen-bond acceptors (Lipinski definition) is 5. The highest BCUT2D eigenvalue weighted by Crippen LogP contribution is 2.18. The number of sulfone groups is 1. The molecule has 2 aromatic carbocycles. The summed E-state index contributed by atoms with van der Waals surface area (Å²) >= 11 is 0. The van der Waals surface area contributed by atoms with Crippen LogP contribution in [0.5, 0.6) is 0 Å². The largest absolute Gasteiger partial charge is 0.352 e. The number of nitriles is 1. The van der Waals surface area contributed by atoms with Crippen molar-refractivity contribution in [3.63, 3.8) is 0 Å². The molecule has 1 aliphatic heterocycles. The summed E-state index contributed by atoms with van der Waals surface area (Å²) in [4.78, 5) is 26.4. The first kappa shape index (κ1) is 22.5. The van der Waals surface area contributed by atoms with E-state index in [1.54, 1.807) is 24.3 Å². The molecule has 31 heavy (non-hydrogen) atoms. The van der Waals surface area contributed by atoms with Crippen LogP contribution in [-0.4, -0.2) is 44.0 Å². The summed E-state index contributed by atoms with van der Waals surface area (Å²) in [6.45, 7) is 1.20. The lowest BCUT2D eigenvalue weighted by Crippen LogP contribution is -2.44. The molecule has 0 aliphatic carbocycles. The van der Waals surface area contributed by atoms with Crippen LogP contribution in [0.2, 0.25) is 0 Å². The van der Waals surface area contributed by atoms with Gasteiger partial charge in [-0.25, -0.2) is 8.42 Å². The molecule has 1 N–H and O–H groups in total. The van der Waals surface area contributed by atoms with Gasteiger partial charge in [-0.1, -0.05) is 42.5 Å². The van der Waals surface area contributed by atoms with Crippen LogP contribution >= 0.6 is 0 Å². The van der Waals surface area contributed by atoms with E-state index in [1.165, 1.54) is 4.90 Å². The monoisotopic (exact) mass is 439 g/mol. The molecule has 1 heterocycles. The van der Waals surface area contributed by atoms with Crippen molar-refractivity contribution < 1.29 is 18.0 Å². The predicted octanol–water partition coefficient (Wildman–Crippen LogP) is 2.03. The maximum absolute atomic E-state index is 12.5. The molecule has 1 aliphatic rings. The summed E-state index contributed by atoms with van der Waals surface area (Å²) in [5.74, 6) is -1.45. The fraction of sp³-hybridized carbons (Fsp3) is 0.348. The first-order valence-electron chi connectivity index (χ1n) is 10.2. The Morgan fingerprint density at radius 1 is 1.00 bits per heavy atom. The number of amides is 2. The minimum atomic E-state index is -3.63. The average molecular weight is 440 g/mol. The molecule has 1 saturated heterocycles. The third-order valence-corrected chi connectivity index (χ3v) is 6.80. The number of rotatable bonds is 7. The van der Waals surface area contributed by atoms with Crippen LogP contribution in [0.15, 0.2) is 54.6 Å². The van der Waals surface area contributed by atoms with Gasteiger partial charge in [-0.3, -0.25) is 9.59 Å². The fourth-order valence-electron chi connectivity index (χ4n) is 3.58. The van der Waals surface area contributed by atoms with Crippen LogP contribution in [0.3, 0.4) is 0 Å². The van der Waals surface area contributed by atoms with E-state index in [0.29, 0.717) is 43.6 Å². The Morgan fingerprint density at radius 2 is 1.65 bits per heavy atom. The second-order valence-electron chi connectivity index (χ2n) is 7.70. The van der Waals surface area contributed by atoms with Crippen molar-refractivity contribution in [1.29, 1.82) is 5.26 Å². The lowest BCUT2D eigenvalue weighted by Gasteiger charge is -2.31. The van der Waals surface area contributed by atoms with Crippen molar-refractivity contribution in [1.82, 2.24) is 10.2 Å². The predicted molar refractivity (Wildman–Crippen MR) is 116 cm³/mol. The van der Waals surface area contributed by atoms with Gasteiger partial charge in [-0.2, -0.15) is 5.26 Å². The zero-order valence-corrected chi connectivity index (χ0v) is 18.0. The van der Waals surface area contributed by atoms with E-state index >= 15 is 0 Å². The van der Waals surface area contributed by atoms with Crippen molar-refractivity contribution in [2.24, 2.45) is 5.92 Å². The maximum Gasteiger partial charge on any atom is 0.237 e. The molecular weight excluding hydrogens is 414 g/mol. The van der Waals surface area contributed by atoms with E-state index < -0.39 is 21.5 Å². The van der Waals surface area contributed by atoms with Crippen molar-refractivity contribution in [2.45, 2.75) is 25.1 Å². The van der Waals surface area contributed by atoms with Gasteiger partial charge >= 0.3 is 0 Å². The van der Waals surface area contributed by atoms with Gasteiger partial charge in [0.1, 0.15) is 5.75 Å². The quantitative estimate of drug-likeness (QED) is 0.710. The third-order valence-electron chi connectivity index (χ3n) is 5.34. The number of piperidine rings is 1. The van der Waals surface area contributed by atoms with E-state index in [-0.39, 0.29) is 17.6 Å². The van der Waals surface area contributed by atoms with Gasteiger partial charge in [-0.15, -0.1) is 0 Å². The summed E-state index contributed by atoms with van der Waals surface area (Å²) in [5.41, 5.74) is 2.02. The van der Waals surface area contributed by atoms with Crippen molar-refractivity contribution in [2.75, 3.05) is 18.8 Å². The topological polar surface area (TPSA) is 107 Å². The number of nitrogens with one attached hydrogen (secondary N) is 1. The Kier molecular flexibility index (Phi) is 7.42. The Bertz CT molecular complexity index is 1050. The highest BCUT2D eigenvalue weighted by atomic mass is 32.2. The summed E-state index contributed by atoms with van der Waals surface area (Å²) in [6, 6.07) is 17.9. The van der Waals surface area contributed by atoms with Gasteiger partial charge in [0.15, 0.2) is 9.84 Å². The van der Waals surface area contributed by atoms with E-state index in [0.717, 1.165) is 5.56 Å². The molecule has 8 heteroatoms. The molecule has 7 nitrogen and oxygen atoms in total. The molecule has 3 rings (SSSR count). The zero-order valence-electron chi connectivity index (χ0n) is 17.2. The van der Waals surface area contributed by atoms with E-state index in [2.05, 4.69) is 5.32 Å². The molecule has 0 saturated carbocycles. The Labute approximate surface area is 182 Å². The van der Waals surface area contributed by atoms with Crippen LogP contribution < -0.4 is 5.32 Å². The van der Waals surface area contributed by atoms with Crippen molar-refractivity contribution in [3.05, 3.63) is 71.3 Å². The second kappa shape index (κ2) is 10.2. The summed E-state index contributed by atoms with van der Waals surface area (Å²) in [7, 11) is -3.63. The minimum absolute atomic E-state index is 0.0376. The van der Waals surface area contributed by atoms with Gasteiger partial charge in [0.2, 0.25) is 11.8 Å². The molecule has 2 aromatic rings. The molecule has 0 radical (unpaired) electrons.